The second kappa shape index (κ2) is 13.4. The van der Waals surface area contributed by atoms with Gasteiger partial charge in [0.15, 0.2) is 23.3 Å². The number of fused-ring (bicyclic) bond motifs is 6. The van der Waals surface area contributed by atoms with Crippen LogP contribution in [-0.2, 0) is 0 Å². The number of aromatic nitrogens is 5. The van der Waals surface area contributed by atoms with Crippen LogP contribution in [0.3, 0.4) is 0 Å². The minimum absolute atomic E-state index is 0.652. The van der Waals surface area contributed by atoms with Gasteiger partial charge in [0.05, 0.1) is 15.9 Å². The molecule has 0 fully saturated rings. The van der Waals surface area contributed by atoms with E-state index in [0.717, 1.165) is 60.5 Å². The van der Waals surface area contributed by atoms with Crippen molar-refractivity contribution >= 4 is 63.1 Å². The molecule has 0 bridgehead atoms. The van der Waals surface area contributed by atoms with Crippen LogP contribution in [0.15, 0.2) is 176 Å². The van der Waals surface area contributed by atoms with E-state index in [2.05, 4.69) is 109 Å². The molecule has 0 amide bonds. The first-order valence-electron chi connectivity index (χ1n) is 18.4. The van der Waals surface area contributed by atoms with E-state index in [1.807, 2.05) is 66.7 Å². The maximum Gasteiger partial charge on any atom is 0.164 e. The van der Waals surface area contributed by atoms with Gasteiger partial charge in [-0.15, -0.1) is 22.7 Å². The van der Waals surface area contributed by atoms with Crippen molar-refractivity contribution in [2.24, 2.45) is 0 Å². The lowest BCUT2D eigenvalue weighted by Gasteiger charge is -2.08. The number of hydrogen-bond acceptors (Lipinski definition) is 7. The fourth-order valence-corrected chi connectivity index (χ4v) is 9.84. The van der Waals surface area contributed by atoms with Gasteiger partial charge in [-0.3, -0.25) is 0 Å². The largest absolute Gasteiger partial charge is 0.226 e. The van der Waals surface area contributed by atoms with Gasteiger partial charge in [0, 0.05) is 58.1 Å². The van der Waals surface area contributed by atoms with Crippen LogP contribution in [0, 0.1) is 0 Å². The predicted octanol–water partition coefficient (Wildman–Crippen LogP) is 13.4. The van der Waals surface area contributed by atoms with Crippen LogP contribution in [0.25, 0.3) is 108 Å². The summed E-state index contributed by atoms with van der Waals surface area (Å²) in [5.41, 5.74) is 9.25. The lowest BCUT2D eigenvalue weighted by atomic mass is 10.0. The monoisotopic (exact) mass is 751 g/mol. The second-order valence-corrected chi connectivity index (χ2v) is 15.8. The molecule has 0 saturated heterocycles. The van der Waals surface area contributed by atoms with E-state index in [9.17, 15) is 0 Å². The molecule has 5 nitrogen and oxygen atoms in total. The lowest BCUT2D eigenvalue weighted by Crippen LogP contribution is -1.99. The minimum Gasteiger partial charge on any atom is -0.226 e. The topological polar surface area (TPSA) is 64.5 Å². The minimum atomic E-state index is 0.652. The van der Waals surface area contributed by atoms with Crippen LogP contribution in [0.5, 0.6) is 0 Å². The molecule has 0 atom stereocenters. The van der Waals surface area contributed by atoms with Crippen LogP contribution in [0.2, 0.25) is 0 Å². The van der Waals surface area contributed by atoms with Gasteiger partial charge in [-0.05, 0) is 23.3 Å². The summed E-state index contributed by atoms with van der Waals surface area (Å²) >= 11 is 3.56. The fraction of sp³-hybridized carbons (Fsp3) is 0. The summed E-state index contributed by atoms with van der Waals surface area (Å²) in [4.78, 5) is 25.2. The Hall–Kier alpha value is -6.93. The van der Waals surface area contributed by atoms with Gasteiger partial charge < -0.3 is 0 Å². The number of thiophene rings is 2. The maximum atomic E-state index is 5.18. The fourth-order valence-electron chi connectivity index (χ4n) is 7.41. The van der Waals surface area contributed by atoms with Gasteiger partial charge in [-0.1, -0.05) is 164 Å². The summed E-state index contributed by atoms with van der Waals surface area (Å²) in [5.74, 6) is 2.69. The molecule has 0 saturated carbocycles. The Balaban J connectivity index is 0.990. The second-order valence-electron chi connectivity index (χ2n) is 13.6. The van der Waals surface area contributed by atoms with Crippen LogP contribution in [-0.4, -0.2) is 24.9 Å². The van der Waals surface area contributed by atoms with E-state index in [1.54, 1.807) is 22.7 Å². The Morgan fingerprint density at radius 3 is 1.52 bits per heavy atom. The molecule has 56 heavy (non-hydrogen) atoms. The molecule has 7 aromatic carbocycles. The molecule has 7 heteroatoms. The zero-order valence-corrected chi connectivity index (χ0v) is 31.4. The maximum absolute atomic E-state index is 5.18. The molecule has 11 rings (SSSR count). The number of hydrogen-bond donors (Lipinski definition) is 0. The summed E-state index contributed by atoms with van der Waals surface area (Å²) in [7, 11) is 0. The van der Waals surface area contributed by atoms with Crippen molar-refractivity contribution in [1.82, 2.24) is 24.9 Å². The van der Waals surface area contributed by atoms with Gasteiger partial charge in [-0.25, -0.2) is 24.9 Å². The average Bonchev–Trinajstić information content (AvgIpc) is 3.85. The quantitative estimate of drug-likeness (QED) is 0.169. The van der Waals surface area contributed by atoms with Crippen molar-refractivity contribution in [2.45, 2.75) is 0 Å². The van der Waals surface area contributed by atoms with E-state index < -0.39 is 0 Å². The van der Waals surface area contributed by atoms with Crippen molar-refractivity contribution in [3.8, 4) is 67.9 Å². The molecule has 0 aliphatic rings. The van der Waals surface area contributed by atoms with Gasteiger partial charge in [0.2, 0.25) is 0 Å². The number of nitrogens with zero attached hydrogens (tertiary/aromatic N) is 5. The first kappa shape index (κ1) is 32.5. The molecular formula is C49H29N5S2. The summed E-state index contributed by atoms with van der Waals surface area (Å²) in [6, 6.07) is 61.0. The van der Waals surface area contributed by atoms with Crippen molar-refractivity contribution in [2.75, 3.05) is 0 Å². The standard InChI is InChI=1S/C49H29N5S2/c1-4-13-31(14-5-1)42-45-43(39-19-10-11-22-40(39)55-45)51-46(50-42)34-25-23-30(24-26-34)36-20-12-21-38-37-28-27-35(29-41(37)56-44(36)38)49-53-47(32-15-6-2-7-16-32)52-48(54-49)33-17-8-3-9-18-33/h1-29H. The van der Waals surface area contributed by atoms with Gasteiger partial charge >= 0.3 is 0 Å². The first-order chi connectivity index (χ1) is 27.7. The molecular weight excluding hydrogens is 723 g/mol. The van der Waals surface area contributed by atoms with Crippen molar-refractivity contribution < 1.29 is 0 Å². The molecule has 262 valence electrons. The van der Waals surface area contributed by atoms with Gasteiger partial charge in [0.1, 0.15) is 0 Å². The van der Waals surface area contributed by atoms with E-state index in [4.69, 9.17) is 24.9 Å². The highest BCUT2D eigenvalue weighted by Crippen LogP contribution is 2.43. The smallest absolute Gasteiger partial charge is 0.164 e. The van der Waals surface area contributed by atoms with Crippen LogP contribution in [0.1, 0.15) is 0 Å². The highest BCUT2D eigenvalue weighted by molar-refractivity contribution is 7.26. The average molecular weight is 752 g/mol. The molecule has 0 aliphatic heterocycles. The van der Waals surface area contributed by atoms with Crippen LogP contribution < -0.4 is 0 Å². The number of benzene rings is 7. The summed E-state index contributed by atoms with van der Waals surface area (Å²) < 4.78 is 4.75. The molecule has 0 unspecified atom stereocenters. The van der Waals surface area contributed by atoms with Crippen molar-refractivity contribution in [3.63, 3.8) is 0 Å². The van der Waals surface area contributed by atoms with E-state index >= 15 is 0 Å². The Bertz CT molecular complexity index is 3170. The lowest BCUT2D eigenvalue weighted by molar-refractivity contribution is 1.07. The molecule has 0 aliphatic carbocycles. The van der Waals surface area contributed by atoms with Crippen molar-refractivity contribution in [1.29, 1.82) is 0 Å². The number of rotatable bonds is 6. The predicted molar refractivity (Wildman–Crippen MR) is 234 cm³/mol. The Kier molecular flexibility index (Phi) is 7.79. The van der Waals surface area contributed by atoms with E-state index in [0.29, 0.717) is 17.5 Å². The zero-order valence-electron chi connectivity index (χ0n) is 29.8. The summed E-state index contributed by atoms with van der Waals surface area (Å²) in [5, 5.41) is 3.61. The molecule has 0 N–H and O–H groups in total. The molecule has 11 aromatic rings. The normalized spacial score (nSPS) is 11.6. The van der Waals surface area contributed by atoms with Gasteiger partial charge in [-0.2, -0.15) is 0 Å². The molecule has 0 spiro atoms. The first-order valence-corrected chi connectivity index (χ1v) is 20.0. The van der Waals surface area contributed by atoms with Crippen LogP contribution >= 0.6 is 22.7 Å². The zero-order chi connectivity index (χ0) is 37.0. The summed E-state index contributed by atoms with van der Waals surface area (Å²) in [6.07, 6.45) is 0. The highest BCUT2D eigenvalue weighted by atomic mass is 32.1. The molecule has 4 aromatic heterocycles. The van der Waals surface area contributed by atoms with Gasteiger partial charge in [0.25, 0.3) is 0 Å². The Labute approximate surface area is 330 Å². The molecule has 4 heterocycles. The Morgan fingerprint density at radius 2 is 0.821 bits per heavy atom. The highest BCUT2D eigenvalue weighted by Gasteiger charge is 2.18. The molecule has 0 radical (unpaired) electrons. The third kappa shape index (κ3) is 5.64. The van der Waals surface area contributed by atoms with Crippen LogP contribution in [0.4, 0.5) is 0 Å². The Morgan fingerprint density at radius 1 is 0.304 bits per heavy atom. The van der Waals surface area contributed by atoms with E-state index in [-0.39, 0.29) is 0 Å². The van der Waals surface area contributed by atoms with E-state index in [1.165, 1.54) is 30.4 Å². The third-order valence-corrected chi connectivity index (χ3v) is 12.5. The SMILES string of the molecule is c1ccc(-c2nc(-c3ccccc3)nc(-c3ccc4c(c3)sc3c(-c5ccc(-c6nc(-c7ccccc7)c7sc8ccccc8c7n6)cc5)cccc34)n2)cc1. The summed E-state index contributed by atoms with van der Waals surface area (Å²) in [6.45, 7) is 0. The van der Waals surface area contributed by atoms with Crippen molar-refractivity contribution in [3.05, 3.63) is 176 Å². The third-order valence-electron chi connectivity index (χ3n) is 10.2.